The molecule has 0 radical (unpaired) electrons. The van der Waals surface area contributed by atoms with Crippen LogP contribution in [0.1, 0.15) is 37.7 Å². The zero-order valence-electron chi connectivity index (χ0n) is 12.2. The lowest BCUT2D eigenvalue weighted by Gasteiger charge is -2.26. The van der Waals surface area contributed by atoms with Gasteiger partial charge < -0.3 is 5.11 Å². The molecule has 1 fully saturated rings. The molecular weight excluding hydrogens is 293 g/mol. The average molecular weight is 315 g/mol. The van der Waals surface area contributed by atoms with Crippen molar-refractivity contribution >= 4 is 10.0 Å². The molecule has 0 spiro atoms. The number of halogens is 1. The maximum Gasteiger partial charge on any atom is 0.240 e. The lowest BCUT2D eigenvalue weighted by Crippen LogP contribution is -2.37. The number of hydrogen-bond donors (Lipinski definition) is 2. The van der Waals surface area contributed by atoms with Gasteiger partial charge in [-0.3, -0.25) is 0 Å². The molecule has 0 bridgehead atoms. The fourth-order valence-corrected chi connectivity index (χ4v) is 3.88. The molecule has 2 N–H and O–H groups in total. The molecule has 118 valence electrons. The van der Waals surface area contributed by atoms with Crippen molar-refractivity contribution in [2.75, 3.05) is 6.54 Å². The van der Waals surface area contributed by atoms with Gasteiger partial charge in [0.1, 0.15) is 5.82 Å². The molecule has 1 aromatic carbocycles. The first-order chi connectivity index (χ1) is 9.90. The summed E-state index contributed by atoms with van der Waals surface area (Å²) < 4.78 is 39.9. The van der Waals surface area contributed by atoms with Crippen LogP contribution < -0.4 is 4.72 Å². The van der Waals surface area contributed by atoms with E-state index in [9.17, 15) is 17.9 Å². The fourth-order valence-electron chi connectivity index (χ4n) is 2.75. The minimum Gasteiger partial charge on any atom is -0.391 e. The molecular formula is C15H22FNO3S. The van der Waals surface area contributed by atoms with E-state index in [-0.39, 0.29) is 22.9 Å². The highest BCUT2D eigenvalue weighted by atomic mass is 32.2. The van der Waals surface area contributed by atoms with Gasteiger partial charge in [0.05, 0.1) is 11.0 Å². The van der Waals surface area contributed by atoms with E-state index in [1.807, 2.05) is 0 Å². The first kappa shape index (κ1) is 16.4. The van der Waals surface area contributed by atoms with E-state index in [4.69, 9.17) is 0 Å². The van der Waals surface area contributed by atoms with Crippen molar-refractivity contribution in [1.29, 1.82) is 0 Å². The summed E-state index contributed by atoms with van der Waals surface area (Å²) in [5.74, 6) is -0.271. The Bertz CT molecular complexity index is 583. The van der Waals surface area contributed by atoms with Gasteiger partial charge in [-0.2, -0.15) is 0 Å². The van der Waals surface area contributed by atoms with E-state index in [1.165, 1.54) is 25.5 Å². The van der Waals surface area contributed by atoms with Crippen LogP contribution in [0, 0.1) is 18.7 Å². The Morgan fingerprint density at radius 1 is 1.33 bits per heavy atom. The summed E-state index contributed by atoms with van der Waals surface area (Å²) in [5, 5.41) is 10.1. The van der Waals surface area contributed by atoms with Gasteiger partial charge >= 0.3 is 0 Å². The monoisotopic (exact) mass is 315 g/mol. The minimum atomic E-state index is -3.71. The van der Waals surface area contributed by atoms with Gasteiger partial charge in [-0.05, 0) is 49.4 Å². The summed E-state index contributed by atoms with van der Waals surface area (Å²) in [4.78, 5) is 0.0252. The van der Waals surface area contributed by atoms with Gasteiger partial charge in [0.15, 0.2) is 0 Å². The van der Waals surface area contributed by atoms with E-state index < -0.39 is 21.9 Å². The number of benzene rings is 1. The average Bonchev–Trinajstić information content (AvgIpc) is 2.48. The van der Waals surface area contributed by atoms with Gasteiger partial charge in [0.25, 0.3) is 0 Å². The fraction of sp³-hybridized carbons (Fsp3) is 0.600. The van der Waals surface area contributed by atoms with Crippen molar-refractivity contribution in [3.63, 3.8) is 0 Å². The summed E-state index contributed by atoms with van der Waals surface area (Å²) in [5.41, 5.74) is 0.283. The van der Waals surface area contributed by atoms with E-state index in [2.05, 4.69) is 4.72 Å². The minimum absolute atomic E-state index is 0.00340. The van der Waals surface area contributed by atoms with Crippen LogP contribution >= 0.6 is 0 Å². The third kappa shape index (κ3) is 4.25. The molecule has 1 aliphatic rings. The molecule has 0 aliphatic heterocycles. The lowest BCUT2D eigenvalue weighted by molar-refractivity contribution is 0.0888. The third-order valence-electron chi connectivity index (χ3n) is 4.12. The Balaban J connectivity index is 1.98. The molecule has 0 saturated heterocycles. The SMILES string of the molecule is Cc1cc(S(=O)(=O)NC[C@@H](O)C2CCCCC2)ccc1F. The molecule has 6 heteroatoms. The lowest BCUT2D eigenvalue weighted by atomic mass is 9.85. The molecule has 0 unspecified atom stereocenters. The van der Waals surface area contributed by atoms with E-state index >= 15 is 0 Å². The van der Waals surface area contributed by atoms with E-state index in [0.29, 0.717) is 0 Å². The number of aryl methyl sites for hydroxylation is 1. The van der Waals surface area contributed by atoms with E-state index in [0.717, 1.165) is 31.7 Å². The molecule has 21 heavy (non-hydrogen) atoms. The number of nitrogens with one attached hydrogen (secondary N) is 1. The van der Waals surface area contributed by atoms with Crippen LogP contribution in [-0.2, 0) is 10.0 Å². The van der Waals surface area contributed by atoms with Crippen molar-refractivity contribution in [3.05, 3.63) is 29.6 Å². The number of rotatable bonds is 5. The molecule has 4 nitrogen and oxygen atoms in total. The highest BCUT2D eigenvalue weighted by Crippen LogP contribution is 2.26. The first-order valence-corrected chi connectivity index (χ1v) is 8.82. The van der Waals surface area contributed by atoms with Crippen molar-refractivity contribution < 1.29 is 17.9 Å². The molecule has 2 rings (SSSR count). The van der Waals surface area contributed by atoms with Gasteiger partial charge in [0, 0.05) is 6.54 Å². The normalized spacial score (nSPS) is 18.6. The van der Waals surface area contributed by atoms with Crippen LogP contribution in [0.5, 0.6) is 0 Å². The van der Waals surface area contributed by atoms with Crippen molar-refractivity contribution in [2.24, 2.45) is 5.92 Å². The topological polar surface area (TPSA) is 66.4 Å². The van der Waals surface area contributed by atoms with Crippen LogP contribution in [0.3, 0.4) is 0 Å². The summed E-state index contributed by atoms with van der Waals surface area (Å²) in [6.45, 7) is 1.52. The summed E-state index contributed by atoms with van der Waals surface area (Å²) in [6, 6.07) is 3.67. The number of aliphatic hydroxyl groups excluding tert-OH is 1. The Morgan fingerprint density at radius 3 is 2.62 bits per heavy atom. The van der Waals surface area contributed by atoms with Gasteiger partial charge in [-0.15, -0.1) is 0 Å². The maximum absolute atomic E-state index is 13.2. The van der Waals surface area contributed by atoms with Crippen molar-refractivity contribution in [2.45, 2.75) is 50.0 Å². The summed E-state index contributed by atoms with van der Waals surface area (Å²) in [7, 11) is -3.71. The highest BCUT2D eigenvalue weighted by Gasteiger charge is 2.24. The molecule has 0 aromatic heterocycles. The zero-order chi connectivity index (χ0) is 15.5. The molecule has 1 aliphatic carbocycles. The van der Waals surface area contributed by atoms with Crippen LogP contribution in [-0.4, -0.2) is 26.2 Å². The van der Waals surface area contributed by atoms with Crippen molar-refractivity contribution in [3.8, 4) is 0 Å². The number of hydrogen-bond acceptors (Lipinski definition) is 3. The summed E-state index contributed by atoms with van der Waals surface area (Å²) in [6.07, 6.45) is 4.58. The molecule has 1 saturated carbocycles. The third-order valence-corrected chi connectivity index (χ3v) is 5.54. The molecule has 0 heterocycles. The van der Waals surface area contributed by atoms with Crippen LogP contribution in [0.4, 0.5) is 4.39 Å². The number of sulfonamides is 1. The van der Waals surface area contributed by atoms with Gasteiger partial charge in [0.2, 0.25) is 10.0 Å². The Labute approximate surface area is 125 Å². The molecule has 1 aromatic rings. The van der Waals surface area contributed by atoms with Crippen LogP contribution in [0.15, 0.2) is 23.1 Å². The maximum atomic E-state index is 13.2. The Morgan fingerprint density at radius 2 is 2.00 bits per heavy atom. The standard InChI is InChI=1S/C15H22FNO3S/c1-11-9-13(7-8-14(11)16)21(19,20)17-10-15(18)12-5-3-2-4-6-12/h7-9,12,15,17-18H,2-6,10H2,1H3/t15-/m1/s1. The first-order valence-electron chi connectivity index (χ1n) is 7.34. The van der Waals surface area contributed by atoms with Gasteiger partial charge in [-0.25, -0.2) is 17.5 Å². The smallest absolute Gasteiger partial charge is 0.240 e. The summed E-state index contributed by atoms with van der Waals surface area (Å²) >= 11 is 0. The quantitative estimate of drug-likeness (QED) is 0.876. The zero-order valence-corrected chi connectivity index (χ0v) is 13.0. The van der Waals surface area contributed by atoms with Crippen LogP contribution in [0.25, 0.3) is 0 Å². The second kappa shape index (κ2) is 6.85. The molecule has 0 amide bonds. The Kier molecular flexibility index (Phi) is 5.35. The Hall–Kier alpha value is -0.980. The second-order valence-electron chi connectivity index (χ2n) is 5.73. The van der Waals surface area contributed by atoms with Crippen LogP contribution in [0.2, 0.25) is 0 Å². The highest BCUT2D eigenvalue weighted by molar-refractivity contribution is 7.89. The number of aliphatic hydroxyl groups is 1. The second-order valence-corrected chi connectivity index (χ2v) is 7.50. The molecule has 1 atom stereocenters. The van der Waals surface area contributed by atoms with Gasteiger partial charge in [-0.1, -0.05) is 19.3 Å². The predicted octanol–water partition coefficient (Wildman–Crippen LogP) is 2.35. The largest absolute Gasteiger partial charge is 0.391 e. The predicted molar refractivity (Wildman–Crippen MR) is 78.9 cm³/mol. The van der Waals surface area contributed by atoms with Crippen molar-refractivity contribution in [1.82, 2.24) is 4.72 Å². The van der Waals surface area contributed by atoms with E-state index in [1.54, 1.807) is 0 Å².